The Kier molecular flexibility index (Phi) is 3.14. The molecular weight excluding hydrogens is 332 g/mol. The van der Waals surface area contributed by atoms with Crippen molar-refractivity contribution in [1.29, 1.82) is 0 Å². The van der Waals surface area contributed by atoms with Crippen molar-refractivity contribution >= 4 is 23.7 Å². The lowest BCUT2D eigenvalue weighted by Gasteiger charge is -2.27. The molecule has 3 saturated carbocycles. The van der Waals surface area contributed by atoms with Gasteiger partial charge in [0.05, 0.1) is 11.6 Å². The first kappa shape index (κ1) is 15.2. The van der Waals surface area contributed by atoms with Crippen LogP contribution in [-0.4, -0.2) is 12.1 Å². The van der Waals surface area contributed by atoms with Crippen molar-refractivity contribution in [3.8, 4) is 0 Å². The van der Waals surface area contributed by atoms with Gasteiger partial charge in [0.2, 0.25) is 5.91 Å². The molecule has 126 valence electrons. The van der Waals surface area contributed by atoms with Gasteiger partial charge in [-0.05, 0) is 47.9 Å². The second-order valence-electron chi connectivity index (χ2n) is 7.39. The maximum absolute atomic E-state index is 13.0. The highest BCUT2D eigenvalue weighted by molar-refractivity contribution is 6.30. The van der Waals surface area contributed by atoms with E-state index in [1.165, 1.54) is 12.0 Å². The van der Waals surface area contributed by atoms with E-state index < -0.39 is 0 Å². The van der Waals surface area contributed by atoms with E-state index in [0.29, 0.717) is 16.9 Å². The van der Waals surface area contributed by atoms with Crippen LogP contribution in [0, 0.1) is 17.3 Å². The highest BCUT2D eigenvalue weighted by Gasteiger charge is 3.01. The molecule has 25 heavy (non-hydrogen) atoms. The topological polar surface area (TPSA) is 41.5 Å². The molecule has 0 heterocycles. The first-order valence-corrected chi connectivity index (χ1v) is 9.24. The summed E-state index contributed by atoms with van der Waals surface area (Å²) in [6, 6.07) is 18.0. The number of nitrogens with one attached hydrogen (secondary N) is 1. The van der Waals surface area contributed by atoms with Gasteiger partial charge in [-0.2, -0.15) is 5.10 Å². The minimum absolute atomic E-state index is 0.0897. The summed E-state index contributed by atoms with van der Waals surface area (Å²) in [6.45, 7) is 0. The summed E-state index contributed by atoms with van der Waals surface area (Å²) >= 11 is 5.88. The molecule has 0 spiro atoms. The van der Waals surface area contributed by atoms with Crippen molar-refractivity contribution < 1.29 is 4.79 Å². The standard InChI is InChI=1S/C21H19ClN2O/c22-16-11-9-14(10-12-16)13-23-24-19(25)21-17-7-4-8-18(21)20(17,21)15-5-2-1-3-6-15/h1-3,5-6,9-13,17-18H,4,7-8H2,(H,24,25)/b23-13+/t17-,18-,20?,21?/m1/s1. The maximum Gasteiger partial charge on any atom is 0.247 e. The molecule has 0 saturated heterocycles. The van der Waals surface area contributed by atoms with Crippen molar-refractivity contribution in [3.05, 3.63) is 70.7 Å². The highest BCUT2D eigenvalue weighted by atomic mass is 35.5. The lowest BCUT2D eigenvalue weighted by atomic mass is 9.77. The van der Waals surface area contributed by atoms with Gasteiger partial charge in [0.1, 0.15) is 0 Å². The Labute approximate surface area is 152 Å². The zero-order valence-electron chi connectivity index (χ0n) is 13.8. The number of amides is 1. The summed E-state index contributed by atoms with van der Waals surface area (Å²) < 4.78 is 0. The van der Waals surface area contributed by atoms with E-state index in [-0.39, 0.29) is 16.7 Å². The number of fused-ring (bicyclic) bond motifs is 2. The molecule has 3 aliphatic rings. The number of hydrazone groups is 1. The van der Waals surface area contributed by atoms with Crippen LogP contribution in [0.3, 0.4) is 0 Å². The highest BCUT2D eigenvalue weighted by Crippen LogP contribution is 2.97. The van der Waals surface area contributed by atoms with E-state index in [1.54, 1.807) is 6.21 Å². The normalized spacial score (nSPS) is 34.4. The van der Waals surface area contributed by atoms with Gasteiger partial charge >= 0.3 is 0 Å². The third-order valence-electron chi connectivity index (χ3n) is 6.58. The minimum Gasteiger partial charge on any atom is -0.272 e. The average Bonchev–Trinajstić information content (AvgIpc) is 3.51. The molecule has 0 unspecified atom stereocenters. The molecule has 0 bridgehead atoms. The summed E-state index contributed by atoms with van der Waals surface area (Å²) in [7, 11) is 0. The van der Waals surface area contributed by atoms with Crippen LogP contribution in [-0.2, 0) is 10.2 Å². The fourth-order valence-corrected chi connectivity index (χ4v) is 5.82. The molecule has 0 radical (unpaired) electrons. The summed E-state index contributed by atoms with van der Waals surface area (Å²) in [6.07, 6.45) is 5.22. The Morgan fingerprint density at radius 1 is 1.08 bits per heavy atom. The third-order valence-corrected chi connectivity index (χ3v) is 6.83. The van der Waals surface area contributed by atoms with E-state index in [9.17, 15) is 4.79 Å². The van der Waals surface area contributed by atoms with E-state index in [2.05, 4.69) is 34.8 Å². The van der Waals surface area contributed by atoms with Gasteiger partial charge in [-0.3, -0.25) is 4.79 Å². The predicted molar refractivity (Wildman–Crippen MR) is 98.6 cm³/mol. The molecule has 3 fully saturated rings. The number of hydrogen-bond donors (Lipinski definition) is 1. The summed E-state index contributed by atoms with van der Waals surface area (Å²) in [4.78, 5) is 13.0. The molecule has 2 aromatic carbocycles. The van der Waals surface area contributed by atoms with Crippen molar-refractivity contribution in [2.45, 2.75) is 24.7 Å². The lowest BCUT2D eigenvalue weighted by Crippen LogP contribution is -2.31. The number of rotatable bonds is 4. The van der Waals surface area contributed by atoms with Crippen LogP contribution in [0.15, 0.2) is 59.7 Å². The largest absolute Gasteiger partial charge is 0.272 e. The van der Waals surface area contributed by atoms with E-state index in [4.69, 9.17) is 11.6 Å². The van der Waals surface area contributed by atoms with Crippen LogP contribution in [0.1, 0.15) is 30.4 Å². The van der Waals surface area contributed by atoms with Gasteiger partial charge in [0.15, 0.2) is 0 Å². The van der Waals surface area contributed by atoms with Crippen molar-refractivity contribution in [1.82, 2.24) is 5.43 Å². The molecule has 5 rings (SSSR count). The Balaban J connectivity index is 1.35. The van der Waals surface area contributed by atoms with Crippen molar-refractivity contribution in [3.63, 3.8) is 0 Å². The van der Waals surface area contributed by atoms with Gasteiger partial charge in [-0.1, -0.05) is 60.5 Å². The number of halogens is 1. The van der Waals surface area contributed by atoms with Gasteiger partial charge in [0.25, 0.3) is 0 Å². The number of carbonyl (C=O) groups is 1. The fraction of sp³-hybridized carbons (Fsp3) is 0.333. The van der Waals surface area contributed by atoms with E-state index in [0.717, 1.165) is 18.4 Å². The van der Waals surface area contributed by atoms with E-state index >= 15 is 0 Å². The van der Waals surface area contributed by atoms with Crippen LogP contribution in [0.5, 0.6) is 0 Å². The Hall–Kier alpha value is -2.13. The lowest BCUT2D eigenvalue weighted by molar-refractivity contribution is -0.126. The summed E-state index contributed by atoms with van der Waals surface area (Å²) in [5.41, 5.74) is 4.95. The van der Waals surface area contributed by atoms with Gasteiger partial charge < -0.3 is 0 Å². The molecule has 3 aliphatic carbocycles. The molecule has 3 nitrogen and oxygen atoms in total. The Bertz CT molecular complexity index is 847. The van der Waals surface area contributed by atoms with Crippen LogP contribution in [0.4, 0.5) is 0 Å². The number of hydrogen-bond acceptors (Lipinski definition) is 2. The van der Waals surface area contributed by atoms with Crippen LogP contribution in [0.2, 0.25) is 5.02 Å². The first-order chi connectivity index (χ1) is 12.2. The molecule has 4 heteroatoms. The SMILES string of the molecule is O=C(N/N=C/c1ccc(Cl)cc1)C12[C@@H]3CCC[C@@H]1C32c1ccccc1. The molecule has 1 amide bonds. The van der Waals surface area contributed by atoms with Crippen LogP contribution >= 0.6 is 11.6 Å². The minimum atomic E-state index is -0.204. The first-order valence-electron chi connectivity index (χ1n) is 8.87. The predicted octanol–water partition coefficient (Wildman–Crippen LogP) is 4.16. The Morgan fingerprint density at radius 2 is 1.76 bits per heavy atom. The van der Waals surface area contributed by atoms with Crippen molar-refractivity contribution in [2.24, 2.45) is 22.4 Å². The van der Waals surface area contributed by atoms with Crippen LogP contribution in [0.25, 0.3) is 0 Å². The van der Waals surface area contributed by atoms with Gasteiger partial charge in [-0.15, -0.1) is 0 Å². The summed E-state index contributed by atoms with van der Waals surface area (Å²) in [5, 5.41) is 4.88. The molecule has 1 N–H and O–H groups in total. The van der Waals surface area contributed by atoms with Crippen molar-refractivity contribution in [2.75, 3.05) is 0 Å². The van der Waals surface area contributed by atoms with Gasteiger partial charge in [0, 0.05) is 10.4 Å². The zero-order chi connectivity index (χ0) is 17.1. The second kappa shape index (κ2) is 5.18. The fourth-order valence-electron chi connectivity index (χ4n) is 5.70. The van der Waals surface area contributed by atoms with E-state index in [1.807, 2.05) is 30.3 Å². The second-order valence-corrected chi connectivity index (χ2v) is 7.83. The monoisotopic (exact) mass is 350 g/mol. The number of carbonyl (C=O) groups excluding carboxylic acids is 1. The number of nitrogens with zero attached hydrogens (tertiary/aromatic N) is 1. The molecule has 2 aromatic rings. The number of benzene rings is 2. The quantitative estimate of drug-likeness (QED) is 0.653. The molecule has 0 aromatic heterocycles. The molecular formula is C21H19ClN2O. The Morgan fingerprint density at radius 3 is 2.44 bits per heavy atom. The molecule has 2 atom stereocenters. The van der Waals surface area contributed by atoms with Crippen LogP contribution < -0.4 is 5.43 Å². The third kappa shape index (κ3) is 1.82. The summed E-state index contributed by atoms with van der Waals surface area (Å²) in [5.74, 6) is 1.08. The molecule has 0 aliphatic heterocycles. The maximum atomic E-state index is 13.0. The van der Waals surface area contributed by atoms with Gasteiger partial charge in [-0.25, -0.2) is 5.43 Å². The average molecular weight is 351 g/mol. The smallest absolute Gasteiger partial charge is 0.247 e. The zero-order valence-corrected chi connectivity index (χ0v) is 14.5.